The molecule has 5 rings (SSSR count). The maximum absolute atomic E-state index is 14.6. The molecule has 7 nitrogen and oxygen atoms in total. The number of carbonyl (C=O) groups is 1. The van der Waals surface area contributed by atoms with Crippen LogP contribution < -0.4 is 5.32 Å². The van der Waals surface area contributed by atoms with Crippen LogP contribution in [0.15, 0.2) is 91.0 Å². The van der Waals surface area contributed by atoms with Crippen LogP contribution >= 0.6 is 0 Å². The minimum Gasteiger partial charge on any atom is -0.408 e. The number of benzene rings is 3. The van der Waals surface area contributed by atoms with Gasteiger partial charge in [-0.15, -0.1) is 0 Å². The summed E-state index contributed by atoms with van der Waals surface area (Å²) in [5.41, 5.74) is 3.16. The van der Waals surface area contributed by atoms with E-state index in [4.69, 9.17) is 18.6 Å². The summed E-state index contributed by atoms with van der Waals surface area (Å²) in [6, 6.07) is 30.2. The smallest absolute Gasteiger partial charge is 0.242 e. The number of ether oxygens (including phenoxy) is 3. The number of likely N-dealkylation sites (N-methyl/N-ethyl adjacent to an activating group) is 1. The molecule has 8 heteroatoms. The maximum atomic E-state index is 14.6. The second-order valence-electron chi connectivity index (χ2n) is 15.3. The Balaban J connectivity index is 1.62. The molecule has 1 N–H and O–H groups in total. The summed E-state index contributed by atoms with van der Waals surface area (Å²) in [6.07, 6.45) is -1.40. The van der Waals surface area contributed by atoms with Crippen molar-refractivity contribution in [3.8, 4) is 0 Å². The number of hydrogen-bond donors (Lipinski definition) is 1. The lowest BCUT2D eigenvalue weighted by Gasteiger charge is -2.51. The van der Waals surface area contributed by atoms with Crippen molar-refractivity contribution in [2.45, 2.75) is 128 Å². The van der Waals surface area contributed by atoms with Crippen LogP contribution in [0.4, 0.5) is 0 Å². The molecule has 5 atom stereocenters. The minimum atomic E-state index is -2.44. The number of amides is 1. The number of hydrogen-bond acceptors (Lipinski definition) is 6. The second kappa shape index (κ2) is 15.8. The van der Waals surface area contributed by atoms with Gasteiger partial charge >= 0.3 is 0 Å². The molecular formula is C42H60N2O5Si. The van der Waals surface area contributed by atoms with E-state index in [9.17, 15) is 4.79 Å². The van der Waals surface area contributed by atoms with Gasteiger partial charge in [-0.2, -0.15) is 0 Å². The zero-order valence-corrected chi connectivity index (χ0v) is 32.9. The van der Waals surface area contributed by atoms with Crippen molar-refractivity contribution in [3.05, 3.63) is 108 Å². The molecule has 0 bridgehead atoms. The van der Waals surface area contributed by atoms with Crippen LogP contribution in [0.25, 0.3) is 0 Å². The van der Waals surface area contributed by atoms with E-state index >= 15 is 0 Å². The molecule has 0 spiro atoms. The molecule has 0 radical (unpaired) electrons. The second-order valence-corrected chi connectivity index (χ2v) is 20.7. The van der Waals surface area contributed by atoms with Crippen molar-refractivity contribution < 1.29 is 23.4 Å². The highest BCUT2D eigenvalue weighted by molar-refractivity contribution is 6.77. The average Bonchev–Trinajstić information content (AvgIpc) is 3.44. The first-order chi connectivity index (χ1) is 23.8. The summed E-state index contributed by atoms with van der Waals surface area (Å²) in [4.78, 5) is 16.5. The molecule has 272 valence electrons. The van der Waals surface area contributed by atoms with Gasteiger partial charge in [0.2, 0.25) is 14.2 Å². The Morgan fingerprint density at radius 2 is 1.18 bits per heavy atom. The summed E-state index contributed by atoms with van der Waals surface area (Å²) in [7, 11) is -2.44. The largest absolute Gasteiger partial charge is 0.408 e. The fourth-order valence-electron chi connectivity index (χ4n) is 8.84. The molecule has 3 aromatic rings. The van der Waals surface area contributed by atoms with Gasteiger partial charge < -0.3 is 23.5 Å². The highest BCUT2D eigenvalue weighted by Crippen LogP contribution is 2.47. The van der Waals surface area contributed by atoms with Gasteiger partial charge in [0.05, 0.1) is 18.8 Å². The molecule has 2 aliphatic heterocycles. The van der Waals surface area contributed by atoms with Crippen LogP contribution in [-0.4, -0.2) is 75.0 Å². The van der Waals surface area contributed by atoms with Crippen LogP contribution in [-0.2, 0) is 29.0 Å². The monoisotopic (exact) mass is 700 g/mol. The predicted molar refractivity (Wildman–Crippen MR) is 204 cm³/mol. The summed E-state index contributed by atoms with van der Waals surface area (Å²) in [5, 5.41) is 3.80. The summed E-state index contributed by atoms with van der Waals surface area (Å²) in [5.74, 6) is -0.840. The van der Waals surface area contributed by atoms with E-state index in [0.717, 1.165) is 16.7 Å². The fraction of sp³-hybridized carbons (Fsp3) is 0.548. The van der Waals surface area contributed by atoms with Gasteiger partial charge in [0, 0.05) is 13.1 Å². The third kappa shape index (κ3) is 7.25. The van der Waals surface area contributed by atoms with Gasteiger partial charge in [-0.25, -0.2) is 0 Å². The highest BCUT2D eigenvalue weighted by Gasteiger charge is 2.60. The van der Waals surface area contributed by atoms with Crippen LogP contribution in [0.2, 0.25) is 16.6 Å². The van der Waals surface area contributed by atoms with E-state index < -0.39 is 44.1 Å². The van der Waals surface area contributed by atoms with Crippen molar-refractivity contribution in [2.24, 2.45) is 0 Å². The number of carbonyl (C=O) groups excluding carboxylic acids is 1. The van der Waals surface area contributed by atoms with Crippen LogP contribution in [0.5, 0.6) is 0 Å². The molecule has 2 fully saturated rings. The van der Waals surface area contributed by atoms with Crippen LogP contribution in [0.3, 0.4) is 0 Å². The first-order valence-corrected chi connectivity index (χ1v) is 20.8. The molecule has 2 heterocycles. The standard InChI is InChI=1S/C42H60N2O5Si/c1-11-44(12-2)40(45)36-38(49-50(29(3)4,30(5)6)31(7)8)39-37(47-41(9,10)48-39)35(43-36)28-46-42(32-22-16-13-17-23-32,33-24-18-14-19-25-33)34-26-20-15-21-27-34/h13-27,29-31,35-39,43H,11-12,28H2,1-10H3/t35-,36+,37+,38-,39+/m0/s1. The summed E-state index contributed by atoms with van der Waals surface area (Å²) in [6.45, 7) is 23.2. The van der Waals surface area contributed by atoms with Gasteiger partial charge in [0.1, 0.15) is 23.9 Å². The molecule has 0 aromatic heterocycles. The number of nitrogens with zero attached hydrogens (tertiary/aromatic N) is 1. The van der Waals surface area contributed by atoms with Gasteiger partial charge in [-0.05, 0) is 61.0 Å². The summed E-state index contributed by atoms with van der Waals surface area (Å²) < 4.78 is 28.4. The molecule has 0 saturated carbocycles. The predicted octanol–water partition coefficient (Wildman–Crippen LogP) is 8.28. The van der Waals surface area contributed by atoms with Crippen LogP contribution in [0.1, 0.15) is 85.9 Å². The minimum absolute atomic E-state index is 0.0244. The van der Waals surface area contributed by atoms with Gasteiger partial charge in [0.25, 0.3) is 0 Å². The lowest BCUT2D eigenvalue weighted by atomic mass is 9.80. The third-order valence-corrected chi connectivity index (χ3v) is 17.1. The van der Waals surface area contributed by atoms with Crippen molar-refractivity contribution in [3.63, 3.8) is 0 Å². The highest BCUT2D eigenvalue weighted by atomic mass is 28.4. The third-order valence-electron chi connectivity index (χ3n) is 11.0. The van der Waals surface area contributed by atoms with Gasteiger partial charge in [-0.3, -0.25) is 10.1 Å². The van der Waals surface area contributed by atoms with E-state index in [1.54, 1.807) is 0 Å². The SMILES string of the molecule is CCN(CC)C(=O)[C@@H]1N[C@@H](COC(c2ccccc2)(c2ccccc2)c2ccccc2)[C@H]2OC(C)(C)O[C@H]2[C@H]1O[Si](C(C)C)(C(C)C)C(C)C. The molecular weight excluding hydrogens is 641 g/mol. The Morgan fingerprint density at radius 1 is 0.760 bits per heavy atom. The van der Waals surface area contributed by atoms with E-state index in [2.05, 4.69) is 120 Å². The molecule has 3 aromatic carbocycles. The zero-order chi connectivity index (χ0) is 36.3. The number of rotatable bonds is 14. The molecule has 0 aliphatic carbocycles. The normalized spacial score (nSPS) is 23.7. The molecule has 2 saturated heterocycles. The quantitative estimate of drug-likeness (QED) is 0.135. The summed E-state index contributed by atoms with van der Waals surface area (Å²) >= 11 is 0. The van der Waals surface area contributed by atoms with E-state index in [0.29, 0.717) is 29.7 Å². The van der Waals surface area contributed by atoms with Gasteiger partial charge in [0.15, 0.2) is 5.79 Å². The molecule has 1 amide bonds. The topological polar surface area (TPSA) is 69.3 Å². The number of fused-ring (bicyclic) bond motifs is 1. The van der Waals surface area contributed by atoms with Gasteiger partial charge in [-0.1, -0.05) is 133 Å². The van der Waals surface area contributed by atoms with Crippen molar-refractivity contribution in [1.29, 1.82) is 0 Å². The average molecular weight is 701 g/mol. The van der Waals surface area contributed by atoms with E-state index in [1.165, 1.54) is 0 Å². The Morgan fingerprint density at radius 3 is 1.58 bits per heavy atom. The van der Waals surface area contributed by atoms with Crippen LogP contribution in [0, 0.1) is 0 Å². The van der Waals surface area contributed by atoms with Crippen molar-refractivity contribution in [1.82, 2.24) is 10.2 Å². The Bertz CT molecular complexity index is 1390. The Kier molecular flexibility index (Phi) is 12.1. The molecule has 0 unspecified atom stereocenters. The van der Waals surface area contributed by atoms with Crippen molar-refractivity contribution >= 4 is 14.2 Å². The number of piperidine rings is 1. The number of nitrogens with one attached hydrogen (secondary N) is 1. The maximum Gasteiger partial charge on any atom is 0.242 e. The molecule has 50 heavy (non-hydrogen) atoms. The molecule has 2 aliphatic rings. The first kappa shape index (κ1) is 38.4. The van der Waals surface area contributed by atoms with E-state index in [1.807, 2.05) is 50.8 Å². The fourth-order valence-corrected chi connectivity index (χ4v) is 14.4. The van der Waals surface area contributed by atoms with E-state index in [-0.39, 0.29) is 18.6 Å². The van der Waals surface area contributed by atoms with Crippen molar-refractivity contribution in [2.75, 3.05) is 19.7 Å². The zero-order valence-electron chi connectivity index (χ0n) is 31.9. The lowest BCUT2D eigenvalue weighted by molar-refractivity contribution is -0.156. The Labute approximate surface area is 302 Å². The lowest BCUT2D eigenvalue weighted by Crippen LogP contribution is -2.71. The first-order valence-electron chi connectivity index (χ1n) is 18.7. The Hall–Kier alpha value is -2.85.